The molecule has 28 heavy (non-hydrogen) atoms. The van der Waals surface area contributed by atoms with E-state index in [-0.39, 0.29) is 5.91 Å². The van der Waals surface area contributed by atoms with Gasteiger partial charge in [0.15, 0.2) is 0 Å². The molecule has 4 heteroatoms. The van der Waals surface area contributed by atoms with E-state index in [0.29, 0.717) is 12.8 Å². The van der Waals surface area contributed by atoms with Gasteiger partial charge in [-0.05, 0) is 60.6 Å². The van der Waals surface area contributed by atoms with Crippen LogP contribution in [-0.2, 0) is 24.2 Å². The molecule has 1 saturated carbocycles. The Bertz CT molecular complexity index is 827. The average molecular weight is 379 g/mol. The van der Waals surface area contributed by atoms with Crippen molar-refractivity contribution in [1.82, 2.24) is 4.90 Å². The van der Waals surface area contributed by atoms with Gasteiger partial charge in [0.1, 0.15) is 5.75 Å². The van der Waals surface area contributed by atoms with Gasteiger partial charge in [-0.2, -0.15) is 0 Å². The summed E-state index contributed by atoms with van der Waals surface area (Å²) in [5.74, 6) is 0.894. The van der Waals surface area contributed by atoms with E-state index < -0.39 is 0 Å². The van der Waals surface area contributed by atoms with Gasteiger partial charge in [0, 0.05) is 31.2 Å². The lowest BCUT2D eigenvalue weighted by atomic mass is 9.97. The first-order valence-corrected chi connectivity index (χ1v) is 10.5. The van der Waals surface area contributed by atoms with Crippen LogP contribution in [0.15, 0.2) is 42.5 Å². The minimum Gasteiger partial charge on any atom is -0.496 e. The molecule has 4 nitrogen and oxygen atoms in total. The summed E-state index contributed by atoms with van der Waals surface area (Å²) in [6, 6.07) is 15.1. The van der Waals surface area contributed by atoms with E-state index in [1.807, 2.05) is 30.3 Å². The number of hydrogen-bond acceptors (Lipinski definition) is 3. The molecule has 0 spiro atoms. The van der Waals surface area contributed by atoms with Gasteiger partial charge in [-0.25, -0.2) is 0 Å². The van der Waals surface area contributed by atoms with Crippen LogP contribution in [0.2, 0.25) is 0 Å². The molecular weight excluding hydrogens is 348 g/mol. The van der Waals surface area contributed by atoms with Crippen LogP contribution in [0.1, 0.15) is 48.8 Å². The molecule has 1 aliphatic heterocycles. The number of nitrogens with zero attached hydrogens (tertiary/aromatic N) is 1. The third-order valence-corrected chi connectivity index (χ3v) is 6.19. The third-order valence-electron chi connectivity index (χ3n) is 6.19. The van der Waals surface area contributed by atoms with Crippen LogP contribution in [0.25, 0.3) is 0 Å². The highest BCUT2D eigenvalue weighted by Crippen LogP contribution is 2.30. The summed E-state index contributed by atoms with van der Waals surface area (Å²) in [4.78, 5) is 15.1. The number of rotatable bonds is 6. The van der Waals surface area contributed by atoms with Crippen LogP contribution in [0.4, 0.5) is 5.69 Å². The van der Waals surface area contributed by atoms with Gasteiger partial charge < -0.3 is 10.1 Å². The third kappa shape index (κ3) is 4.39. The molecule has 148 valence electrons. The first-order valence-electron chi connectivity index (χ1n) is 10.5. The van der Waals surface area contributed by atoms with Crippen LogP contribution in [0.5, 0.6) is 5.75 Å². The second kappa shape index (κ2) is 8.78. The Morgan fingerprint density at radius 3 is 2.79 bits per heavy atom. The monoisotopic (exact) mass is 378 g/mol. The van der Waals surface area contributed by atoms with Crippen LogP contribution >= 0.6 is 0 Å². The zero-order valence-corrected chi connectivity index (χ0v) is 16.7. The van der Waals surface area contributed by atoms with E-state index in [1.165, 1.54) is 43.4 Å². The lowest BCUT2D eigenvalue weighted by Gasteiger charge is -2.33. The first-order chi connectivity index (χ1) is 13.7. The van der Waals surface area contributed by atoms with Crippen molar-refractivity contribution in [3.05, 3.63) is 59.2 Å². The molecule has 1 amide bonds. The maximum atomic E-state index is 12.5. The highest BCUT2D eigenvalue weighted by Gasteiger charge is 2.26. The lowest BCUT2D eigenvalue weighted by molar-refractivity contribution is -0.116. The number of carbonyl (C=O) groups excluding carboxylic acids is 1. The van der Waals surface area contributed by atoms with Crippen molar-refractivity contribution in [2.75, 3.05) is 19.0 Å². The summed E-state index contributed by atoms with van der Waals surface area (Å²) in [5, 5.41) is 3.09. The molecule has 4 rings (SSSR count). The van der Waals surface area contributed by atoms with Gasteiger partial charge in [0.05, 0.1) is 7.11 Å². The molecular formula is C24H30N2O2. The summed E-state index contributed by atoms with van der Waals surface area (Å²) >= 11 is 0. The number of methoxy groups -OCH3 is 1. The van der Waals surface area contributed by atoms with Crippen molar-refractivity contribution in [3.8, 4) is 5.75 Å². The number of amides is 1. The molecule has 0 bridgehead atoms. The van der Waals surface area contributed by atoms with E-state index in [2.05, 4.69) is 22.3 Å². The maximum Gasteiger partial charge on any atom is 0.224 e. The number of nitrogens with one attached hydrogen (secondary N) is 1. The van der Waals surface area contributed by atoms with Gasteiger partial charge in [0.2, 0.25) is 5.91 Å². The van der Waals surface area contributed by atoms with Crippen molar-refractivity contribution in [3.63, 3.8) is 0 Å². The summed E-state index contributed by atoms with van der Waals surface area (Å²) in [6.07, 6.45) is 7.67. The minimum absolute atomic E-state index is 0.0503. The maximum absolute atomic E-state index is 12.5. The van der Waals surface area contributed by atoms with E-state index in [4.69, 9.17) is 4.74 Å². The number of benzene rings is 2. The highest BCUT2D eigenvalue weighted by atomic mass is 16.5. The first kappa shape index (κ1) is 19.0. The largest absolute Gasteiger partial charge is 0.496 e. The second-order valence-electron chi connectivity index (χ2n) is 8.00. The van der Waals surface area contributed by atoms with E-state index in [9.17, 15) is 4.79 Å². The Kier molecular flexibility index (Phi) is 5.96. The fourth-order valence-electron chi connectivity index (χ4n) is 4.62. The fraction of sp³-hybridized carbons (Fsp3) is 0.458. The van der Waals surface area contributed by atoms with Crippen molar-refractivity contribution in [2.45, 2.75) is 57.5 Å². The van der Waals surface area contributed by atoms with Gasteiger partial charge in [-0.1, -0.05) is 37.1 Å². The summed E-state index contributed by atoms with van der Waals surface area (Å²) < 4.78 is 5.37. The SMILES string of the molecule is COc1ccccc1CCC(=O)Nc1ccc2c(c1)CN(C1CCCC1)CC2. The number of aryl methyl sites for hydroxylation is 1. The molecule has 0 radical (unpaired) electrons. The predicted molar refractivity (Wildman–Crippen MR) is 113 cm³/mol. The van der Waals surface area contributed by atoms with E-state index in [0.717, 1.165) is 36.0 Å². The summed E-state index contributed by atoms with van der Waals surface area (Å²) in [6.45, 7) is 2.19. The highest BCUT2D eigenvalue weighted by molar-refractivity contribution is 5.91. The molecule has 1 N–H and O–H groups in total. The standard InChI is InChI=1S/C24H30N2O2/c1-28-23-9-5-2-6-19(23)11-13-24(27)25-21-12-10-18-14-15-26(17-20(18)16-21)22-7-3-4-8-22/h2,5-6,9-10,12,16,22H,3-4,7-8,11,13-15,17H2,1H3,(H,25,27). The Labute approximate surface area is 167 Å². The summed E-state index contributed by atoms with van der Waals surface area (Å²) in [7, 11) is 1.67. The molecule has 0 atom stereocenters. The molecule has 0 aromatic heterocycles. The zero-order chi connectivity index (χ0) is 19.3. The molecule has 1 aliphatic carbocycles. The number of fused-ring (bicyclic) bond motifs is 1. The van der Waals surface area contributed by atoms with Crippen molar-refractivity contribution < 1.29 is 9.53 Å². The Hall–Kier alpha value is -2.33. The van der Waals surface area contributed by atoms with Crippen molar-refractivity contribution >= 4 is 11.6 Å². The molecule has 0 saturated heterocycles. The minimum atomic E-state index is 0.0503. The van der Waals surface area contributed by atoms with Gasteiger partial charge in [-0.3, -0.25) is 9.69 Å². The average Bonchev–Trinajstić information content (AvgIpc) is 3.27. The molecule has 2 aromatic rings. The molecule has 0 unspecified atom stereocenters. The number of anilines is 1. The Morgan fingerprint density at radius 2 is 1.96 bits per heavy atom. The molecule has 1 fully saturated rings. The van der Waals surface area contributed by atoms with Crippen molar-refractivity contribution in [2.24, 2.45) is 0 Å². The van der Waals surface area contributed by atoms with Crippen LogP contribution < -0.4 is 10.1 Å². The molecule has 2 aromatic carbocycles. The van der Waals surface area contributed by atoms with Crippen LogP contribution in [-0.4, -0.2) is 30.5 Å². The molecule has 1 heterocycles. The Balaban J connectivity index is 1.36. The number of para-hydroxylation sites is 1. The number of ether oxygens (including phenoxy) is 1. The fourth-order valence-corrected chi connectivity index (χ4v) is 4.62. The quantitative estimate of drug-likeness (QED) is 0.801. The second-order valence-corrected chi connectivity index (χ2v) is 8.00. The summed E-state index contributed by atoms with van der Waals surface area (Å²) in [5.41, 5.74) is 4.79. The van der Waals surface area contributed by atoms with Gasteiger partial charge in [-0.15, -0.1) is 0 Å². The molecule has 2 aliphatic rings. The van der Waals surface area contributed by atoms with Gasteiger partial charge >= 0.3 is 0 Å². The van der Waals surface area contributed by atoms with Crippen LogP contribution in [0.3, 0.4) is 0 Å². The smallest absolute Gasteiger partial charge is 0.224 e. The predicted octanol–water partition coefficient (Wildman–Crippen LogP) is 4.57. The van der Waals surface area contributed by atoms with Gasteiger partial charge in [0.25, 0.3) is 0 Å². The lowest BCUT2D eigenvalue weighted by Crippen LogP contribution is -2.37. The van der Waals surface area contributed by atoms with E-state index in [1.54, 1.807) is 7.11 Å². The number of hydrogen-bond donors (Lipinski definition) is 1. The van der Waals surface area contributed by atoms with E-state index >= 15 is 0 Å². The zero-order valence-electron chi connectivity index (χ0n) is 16.7. The normalized spacial score (nSPS) is 17.3. The van der Waals surface area contributed by atoms with Crippen LogP contribution in [0, 0.1) is 0 Å². The Morgan fingerprint density at radius 1 is 1.14 bits per heavy atom. The topological polar surface area (TPSA) is 41.6 Å². The number of carbonyl (C=O) groups is 1. The van der Waals surface area contributed by atoms with Crippen molar-refractivity contribution in [1.29, 1.82) is 0 Å².